The van der Waals surface area contributed by atoms with E-state index in [9.17, 15) is 4.79 Å². The average Bonchev–Trinajstić information content (AvgIpc) is 3.04. The number of fused-ring (bicyclic) bond motifs is 1. The Kier molecular flexibility index (Phi) is 5.74. The van der Waals surface area contributed by atoms with E-state index in [0.29, 0.717) is 12.6 Å². The van der Waals surface area contributed by atoms with Crippen LogP contribution in [0.25, 0.3) is 5.69 Å². The second kappa shape index (κ2) is 8.28. The Balaban J connectivity index is 1.39. The summed E-state index contributed by atoms with van der Waals surface area (Å²) in [5, 5.41) is 4.89. The topological polar surface area (TPSA) is 44.6 Å². The number of hydrogen-bond donors (Lipinski definition) is 0. The molecule has 6 heteroatoms. The van der Waals surface area contributed by atoms with Crippen molar-refractivity contribution in [2.45, 2.75) is 46.7 Å². The van der Waals surface area contributed by atoms with E-state index in [1.165, 1.54) is 16.8 Å². The van der Waals surface area contributed by atoms with Crippen LogP contribution in [0.3, 0.4) is 0 Å². The molecule has 0 unspecified atom stereocenters. The molecule has 6 nitrogen and oxygen atoms in total. The maximum absolute atomic E-state index is 12.8. The van der Waals surface area contributed by atoms with Crippen LogP contribution < -0.4 is 0 Å². The predicted octanol–water partition coefficient (Wildman–Crippen LogP) is 2.40. The van der Waals surface area contributed by atoms with E-state index in [1.54, 1.807) is 0 Å². The van der Waals surface area contributed by atoms with Gasteiger partial charge in [0.2, 0.25) is 5.91 Å². The van der Waals surface area contributed by atoms with Gasteiger partial charge in [0, 0.05) is 51.0 Å². The molecule has 29 heavy (non-hydrogen) atoms. The SMILES string of the molecule is Cc1ccc(-n2nc3c(c2C)CCN(CC(=O)N2CCN(C(C)C)CC2)C3)cc1. The number of carbonyl (C=O) groups is 1. The number of aryl methyl sites for hydroxylation is 1. The monoisotopic (exact) mass is 395 g/mol. The van der Waals surface area contributed by atoms with Crippen molar-refractivity contribution in [3.8, 4) is 5.69 Å². The van der Waals surface area contributed by atoms with Crippen molar-refractivity contribution >= 4 is 5.91 Å². The molecule has 1 amide bonds. The molecule has 0 N–H and O–H groups in total. The van der Waals surface area contributed by atoms with E-state index in [-0.39, 0.29) is 5.91 Å². The van der Waals surface area contributed by atoms with Gasteiger partial charge in [0.1, 0.15) is 0 Å². The second-order valence-electron chi connectivity index (χ2n) is 8.73. The van der Waals surface area contributed by atoms with Crippen molar-refractivity contribution in [1.29, 1.82) is 0 Å². The fourth-order valence-electron chi connectivity index (χ4n) is 4.46. The van der Waals surface area contributed by atoms with Gasteiger partial charge in [-0.1, -0.05) is 17.7 Å². The number of carbonyl (C=O) groups excluding carboxylic acids is 1. The van der Waals surface area contributed by atoms with Crippen LogP contribution in [-0.4, -0.2) is 75.7 Å². The van der Waals surface area contributed by atoms with Crippen LogP contribution >= 0.6 is 0 Å². The summed E-state index contributed by atoms with van der Waals surface area (Å²) in [6.07, 6.45) is 0.960. The van der Waals surface area contributed by atoms with Crippen LogP contribution in [0.5, 0.6) is 0 Å². The number of piperazine rings is 1. The zero-order valence-electron chi connectivity index (χ0n) is 18.2. The van der Waals surface area contributed by atoms with Gasteiger partial charge in [0.15, 0.2) is 0 Å². The summed E-state index contributed by atoms with van der Waals surface area (Å²) in [7, 11) is 0. The first-order chi connectivity index (χ1) is 13.9. The number of nitrogens with zero attached hydrogens (tertiary/aromatic N) is 5. The van der Waals surface area contributed by atoms with Crippen molar-refractivity contribution in [2.75, 3.05) is 39.3 Å². The number of amides is 1. The number of aromatic nitrogens is 2. The van der Waals surface area contributed by atoms with Crippen LogP contribution in [-0.2, 0) is 17.8 Å². The first-order valence-electron chi connectivity index (χ1n) is 10.8. The molecule has 3 heterocycles. The van der Waals surface area contributed by atoms with E-state index < -0.39 is 0 Å². The number of hydrogen-bond acceptors (Lipinski definition) is 4. The van der Waals surface area contributed by atoms with Crippen LogP contribution in [0, 0.1) is 13.8 Å². The third kappa shape index (κ3) is 4.23. The molecule has 1 fully saturated rings. The van der Waals surface area contributed by atoms with E-state index in [4.69, 9.17) is 5.10 Å². The second-order valence-corrected chi connectivity index (χ2v) is 8.73. The molecule has 1 aromatic heterocycles. The van der Waals surface area contributed by atoms with E-state index in [0.717, 1.165) is 57.1 Å². The predicted molar refractivity (Wildman–Crippen MR) is 115 cm³/mol. The maximum atomic E-state index is 12.8. The zero-order valence-corrected chi connectivity index (χ0v) is 18.2. The van der Waals surface area contributed by atoms with Crippen molar-refractivity contribution < 1.29 is 4.79 Å². The Labute approximate surface area is 174 Å². The van der Waals surface area contributed by atoms with Gasteiger partial charge in [-0.3, -0.25) is 14.6 Å². The number of benzene rings is 1. The summed E-state index contributed by atoms with van der Waals surface area (Å²) in [6.45, 7) is 14.5. The quantitative estimate of drug-likeness (QED) is 0.798. The molecular formula is C23H33N5O. The summed E-state index contributed by atoms with van der Waals surface area (Å²) in [5.41, 5.74) is 6.04. The Morgan fingerprint density at radius 3 is 2.38 bits per heavy atom. The number of rotatable bonds is 4. The van der Waals surface area contributed by atoms with Crippen LogP contribution in [0.2, 0.25) is 0 Å². The summed E-state index contributed by atoms with van der Waals surface area (Å²) in [4.78, 5) is 19.6. The lowest BCUT2D eigenvalue weighted by Gasteiger charge is -2.38. The van der Waals surface area contributed by atoms with Crippen LogP contribution in [0.15, 0.2) is 24.3 Å². The third-order valence-corrected chi connectivity index (χ3v) is 6.41. The fraction of sp³-hybridized carbons (Fsp3) is 0.565. The van der Waals surface area contributed by atoms with Gasteiger partial charge < -0.3 is 4.90 Å². The molecule has 2 aliphatic heterocycles. The molecule has 1 aromatic carbocycles. The molecule has 0 atom stereocenters. The summed E-state index contributed by atoms with van der Waals surface area (Å²) in [6, 6.07) is 9.05. The molecular weight excluding hydrogens is 362 g/mol. The van der Waals surface area contributed by atoms with Crippen molar-refractivity contribution in [2.24, 2.45) is 0 Å². The molecule has 4 rings (SSSR count). The Morgan fingerprint density at radius 1 is 1.03 bits per heavy atom. The van der Waals surface area contributed by atoms with Gasteiger partial charge in [-0.15, -0.1) is 0 Å². The average molecular weight is 396 g/mol. The third-order valence-electron chi connectivity index (χ3n) is 6.41. The first kappa shape index (κ1) is 20.1. The van der Waals surface area contributed by atoms with Gasteiger partial charge in [0.05, 0.1) is 17.9 Å². The van der Waals surface area contributed by atoms with Gasteiger partial charge in [-0.05, 0) is 51.8 Å². The maximum Gasteiger partial charge on any atom is 0.236 e. The van der Waals surface area contributed by atoms with Gasteiger partial charge in [-0.2, -0.15) is 5.10 Å². The summed E-state index contributed by atoms with van der Waals surface area (Å²) < 4.78 is 2.06. The molecule has 2 aromatic rings. The van der Waals surface area contributed by atoms with Gasteiger partial charge >= 0.3 is 0 Å². The summed E-state index contributed by atoms with van der Waals surface area (Å²) >= 11 is 0. The molecule has 0 saturated carbocycles. The molecule has 0 aliphatic carbocycles. The highest BCUT2D eigenvalue weighted by molar-refractivity contribution is 5.78. The minimum Gasteiger partial charge on any atom is -0.339 e. The van der Waals surface area contributed by atoms with Crippen molar-refractivity contribution in [3.05, 3.63) is 46.8 Å². The minimum absolute atomic E-state index is 0.256. The molecule has 0 bridgehead atoms. The largest absolute Gasteiger partial charge is 0.339 e. The zero-order chi connectivity index (χ0) is 20.5. The van der Waals surface area contributed by atoms with Gasteiger partial charge in [0.25, 0.3) is 0 Å². The van der Waals surface area contributed by atoms with E-state index in [1.807, 2.05) is 4.90 Å². The summed E-state index contributed by atoms with van der Waals surface area (Å²) in [5.74, 6) is 0.256. The lowest BCUT2D eigenvalue weighted by atomic mass is 10.0. The highest BCUT2D eigenvalue weighted by Crippen LogP contribution is 2.24. The van der Waals surface area contributed by atoms with E-state index >= 15 is 0 Å². The van der Waals surface area contributed by atoms with Crippen molar-refractivity contribution in [1.82, 2.24) is 24.5 Å². The smallest absolute Gasteiger partial charge is 0.236 e. The van der Waals surface area contributed by atoms with Crippen LogP contribution in [0.1, 0.15) is 36.4 Å². The highest BCUT2D eigenvalue weighted by Gasteiger charge is 2.27. The fourth-order valence-corrected chi connectivity index (χ4v) is 4.46. The Hall–Kier alpha value is -2.18. The lowest BCUT2D eigenvalue weighted by Crippen LogP contribution is -2.53. The molecule has 0 spiro atoms. The Morgan fingerprint density at radius 2 is 1.72 bits per heavy atom. The normalized spacial score (nSPS) is 18.3. The molecule has 2 aliphatic rings. The molecule has 0 radical (unpaired) electrons. The molecule has 156 valence electrons. The van der Waals surface area contributed by atoms with E-state index in [2.05, 4.69) is 66.4 Å². The first-order valence-corrected chi connectivity index (χ1v) is 10.8. The van der Waals surface area contributed by atoms with Crippen LogP contribution in [0.4, 0.5) is 0 Å². The minimum atomic E-state index is 0.256. The van der Waals surface area contributed by atoms with Gasteiger partial charge in [-0.25, -0.2) is 4.68 Å². The van der Waals surface area contributed by atoms with Crippen molar-refractivity contribution in [3.63, 3.8) is 0 Å². The standard InChI is InChI=1S/C23H33N5O/c1-17(2)26-11-13-27(14-12-26)23(29)16-25-10-9-21-19(4)28(24-22(21)15-25)20-7-5-18(3)6-8-20/h5-8,17H,9-16H2,1-4H3. The molecule has 1 saturated heterocycles. The highest BCUT2D eigenvalue weighted by atomic mass is 16.2. The lowest BCUT2D eigenvalue weighted by molar-refractivity contribution is -0.134. The Bertz CT molecular complexity index is 862.